The molecule has 0 N–H and O–H groups in total. The third kappa shape index (κ3) is 5.17. The molecule has 49 heavy (non-hydrogen) atoms. The molecule has 0 aliphatic heterocycles. The van der Waals surface area contributed by atoms with E-state index in [4.69, 9.17) is 4.42 Å². The van der Waals surface area contributed by atoms with Crippen molar-refractivity contribution >= 4 is 39.0 Å². The fraction of sp³-hybridized carbons (Fsp3) is 0.234. The third-order valence-electron chi connectivity index (χ3n) is 10.6. The summed E-state index contributed by atoms with van der Waals surface area (Å²) in [5.74, 6) is 0. The average Bonchev–Trinajstić information content (AvgIpc) is 3.56. The summed E-state index contributed by atoms with van der Waals surface area (Å²) in [7, 11) is 0. The van der Waals surface area contributed by atoms with Crippen molar-refractivity contribution in [3.63, 3.8) is 0 Å². The second-order valence-corrected chi connectivity index (χ2v) is 16.3. The Hall–Kier alpha value is -5.08. The molecule has 1 aromatic heterocycles. The summed E-state index contributed by atoms with van der Waals surface area (Å²) < 4.78 is 6.44. The molecule has 1 aliphatic rings. The van der Waals surface area contributed by atoms with Crippen molar-refractivity contribution in [1.82, 2.24) is 0 Å². The van der Waals surface area contributed by atoms with E-state index in [1.807, 2.05) is 6.07 Å². The molecule has 0 unspecified atom stereocenters. The van der Waals surface area contributed by atoms with Crippen LogP contribution >= 0.6 is 0 Å². The van der Waals surface area contributed by atoms with Crippen LogP contribution in [0.3, 0.4) is 0 Å². The Labute approximate surface area is 291 Å². The van der Waals surface area contributed by atoms with Gasteiger partial charge in [0.25, 0.3) is 0 Å². The molecule has 6 aromatic carbocycles. The van der Waals surface area contributed by atoms with Gasteiger partial charge in [0, 0.05) is 38.8 Å². The first-order chi connectivity index (χ1) is 23.3. The van der Waals surface area contributed by atoms with Gasteiger partial charge < -0.3 is 9.32 Å². The van der Waals surface area contributed by atoms with Gasteiger partial charge in [0.2, 0.25) is 0 Å². The molecule has 0 radical (unpaired) electrons. The monoisotopic (exact) mass is 639 g/mol. The molecule has 0 atom stereocenters. The maximum absolute atomic E-state index is 6.44. The topological polar surface area (TPSA) is 16.4 Å². The van der Waals surface area contributed by atoms with Crippen LogP contribution in [0.2, 0.25) is 0 Å². The van der Waals surface area contributed by atoms with Gasteiger partial charge in [0.1, 0.15) is 11.2 Å². The Balaban J connectivity index is 1.23. The van der Waals surface area contributed by atoms with E-state index in [-0.39, 0.29) is 16.2 Å². The number of hydrogen-bond acceptors (Lipinski definition) is 2. The number of fused-ring (bicyclic) bond motifs is 6. The first-order valence-electron chi connectivity index (χ1n) is 17.5. The summed E-state index contributed by atoms with van der Waals surface area (Å²) in [4.78, 5) is 2.41. The van der Waals surface area contributed by atoms with E-state index >= 15 is 0 Å². The molecule has 0 spiro atoms. The highest BCUT2D eigenvalue weighted by Gasteiger charge is 2.36. The van der Waals surface area contributed by atoms with Crippen molar-refractivity contribution < 1.29 is 4.42 Å². The Morgan fingerprint density at radius 1 is 0.490 bits per heavy atom. The molecule has 2 nitrogen and oxygen atoms in total. The lowest BCUT2D eigenvalue weighted by Gasteiger charge is -2.29. The van der Waals surface area contributed by atoms with E-state index in [0.29, 0.717) is 0 Å². The lowest BCUT2D eigenvalue weighted by molar-refractivity contribution is 0.590. The van der Waals surface area contributed by atoms with E-state index in [2.05, 4.69) is 182 Å². The minimum Gasteiger partial charge on any atom is -0.455 e. The second-order valence-electron chi connectivity index (χ2n) is 16.3. The van der Waals surface area contributed by atoms with Crippen molar-refractivity contribution in [2.75, 3.05) is 4.90 Å². The predicted octanol–water partition coefficient (Wildman–Crippen LogP) is 13.6. The normalized spacial score (nSPS) is 13.9. The Kier molecular flexibility index (Phi) is 6.99. The zero-order valence-electron chi connectivity index (χ0n) is 30.0. The molecule has 0 fully saturated rings. The first-order valence-corrected chi connectivity index (χ1v) is 17.5. The first kappa shape index (κ1) is 31.2. The smallest absolute Gasteiger partial charge is 0.143 e. The SMILES string of the molecule is CC(C)(C)c1ccc(N(c2ccc(C(C)(C)C)cc2)c2ccc3c(c2)C(C)(C)c2cc(-c4cccc5c4oc4ccccc45)ccc2-3)cc1. The minimum absolute atomic E-state index is 0.0931. The second kappa shape index (κ2) is 11.0. The van der Waals surface area contributed by atoms with Crippen molar-refractivity contribution in [2.24, 2.45) is 0 Å². The van der Waals surface area contributed by atoms with Crippen LogP contribution in [-0.4, -0.2) is 0 Å². The van der Waals surface area contributed by atoms with Crippen LogP contribution in [0.25, 0.3) is 44.2 Å². The van der Waals surface area contributed by atoms with E-state index < -0.39 is 0 Å². The van der Waals surface area contributed by atoms with Gasteiger partial charge in [-0.25, -0.2) is 0 Å². The Bertz CT molecular complexity index is 2300. The maximum Gasteiger partial charge on any atom is 0.143 e. The summed E-state index contributed by atoms with van der Waals surface area (Å²) in [5, 5.41) is 2.32. The summed E-state index contributed by atoms with van der Waals surface area (Å²) in [5.41, 5.74) is 15.7. The van der Waals surface area contributed by atoms with E-state index in [1.54, 1.807) is 0 Å². The number of hydrogen-bond donors (Lipinski definition) is 0. The van der Waals surface area contributed by atoms with Crippen LogP contribution in [0.1, 0.15) is 77.6 Å². The lowest BCUT2D eigenvalue weighted by atomic mass is 9.81. The number of rotatable bonds is 4. The molecule has 0 saturated carbocycles. The van der Waals surface area contributed by atoms with Crippen LogP contribution in [0.4, 0.5) is 17.1 Å². The lowest BCUT2D eigenvalue weighted by Crippen LogP contribution is -2.17. The fourth-order valence-electron chi connectivity index (χ4n) is 7.67. The van der Waals surface area contributed by atoms with Gasteiger partial charge in [-0.2, -0.15) is 0 Å². The molecule has 1 aliphatic carbocycles. The fourth-order valence-corrected chi connectivity index (χ4v) is 7.67. The zero-order chi connectivity index (χ0) is 34.3. The Morgan fingerprint density at radius 3 is 1.63 bits per heavy atom. The molecular weight excluding hydrogens is 595 g/mol. The molecule has 7 aromatic rings. The Morgan fingerprint density at radius 2 is 1.02 bits per heavy atom. The maximum atomic E-state index is 6.44. The van der Waals surface area contributed by atoms with E-state index in [9.17, 15) is 0 Å². The molecular formula is C47H45NO. The summed E-state index contributed by atoms with van der Waals surface area (Å²) in [6.45, 7) is 18.4. The van der Waals surface area contributed by atoms with Crippen molar-refractivity contribution in [3.8, 4) is 22.3 Å². The number of furan rings is 1. The van der Waals surface area contributed by atoms with Gasteiger partial charge in [-0.05, 0) is 98.3 Å². The van der Waals surface area contributed by atoms with Crippen LogP contribution < -0.4 is 4.90 Å². The highest BCUT2D eigenvalue weighted by molar-refractivity contribution is 6.09. The van der Waals surface area contributed by atoms with Crippen LogP contribution in [0.5, 0.6) is 0 Å². The van der Waals surface area contributed by atoms with Crippen molar-refractivity contribution in [3.05, 3.63) is 150 Å². The molecule has 2 heteroatoms. The number of anilines is 3. The predicted molar refractivity (Wildman–Crippen MR) is 209 cm³/mol. The number of para-hydroxylation sites is 2. The summed E-state index contributed by atoms with van der Waals surface area (Å²) >= 11 is 0. The number of nitrogens with zero attached hydrogens (tertiary/aromatic N) is 1. The molecule has 244 valence electrons. The molecule has 0 bridgehead atoms. The molecule has 0 amide bonds. The zero-order valence-corrected chi connectivity index (χ0v) is 30.0. The van der Waals surface area contributed by atoms with E-state index in [1.165, 1.54) is 44.6 Å². The van der Waals surface area contributed by atoms with Gasteiger partial charge in [0.05, 0.1) is 0 Å². The third-order valence-corrected chi connectivity index (χ3v) is 10.6. The van der Waals surface area contributed by atoms with Gasteiger partial charge in [-0.1, -0.05) is 134 Å². The van der Waals surface area contributed by atoms with Gasteiger partial charge in [-0.3, -0.25) is 0 Å². The van der Waals surface area contributed by atoms with Crippen LogP contribution in [0, 0.1) is 0 Å². The molecule has 1 heterocycles. The standard InChI is InChI=1S/C47H45NO/c1-45(2,3)31-17-21-33(22-18-31)48(34-23-19-32(20-24-34)46(4,5)6)35-25-27-38-37-26-16-30(28-41(37)47(7,8)42(38)29-35)36-13-11-14-40-39-12-9-10-15-43(39)49-44(36)40/h9-29H,1-8H3. The highest BCUT2D eigenvalue weighted by Crippen LogP contribution is 2.52. The van der Waals surface area contributed by atoms with Gasteiger partial charge >= 0.3 is 0 Å². The summed E-state index contributed by atoms with van der Waals surface area (Å²) in [6.07, 6.45) is 0. The average molecular weight is 640 g/mol. The minimum atomic E-state index is -0.184. The van der Waals surface area contributed by atoms with Crippen LogP contribution in [0.15, 0.2) is 132 Å². The number of benzene rings is 6. The summed E-state index contributed by atoms with van der Waals surface area (Å²) in [6, 6.07) is 47.1. The largest absolute Gasteiger partial charge is 0.455 e. The van der Waals surface area contributed by atoms with Gasteiger partial charge in [0.15, 0.2) is 0 Å². The highest BCUT2D eigenvalue weighted by atomic mass is 16.3. The quantitative estimate of drug-likeness (QED) is 0.191. The van der Waals surface area contributed by atoms with E-state index in [0.717, 1.165) is 38.9 Å². The van der Waals surface area contributed by atoms with Crippen molar-refractivity contribution in [2.45, 2.75) is 71.6 Å². The molecule has 0 saturated heterocycles. The van der Waals surface area contributed by atoms with Gasteiger partial charge in [-0.15, -0.1) is 0 Å². The molecule has 8 rings (SSSR count). The van der Waals surface area contributed by atoms with Crippen molar-refractivity contribution in [1.29, 1.82) is 0 Å². The van der Waals surface area contributed by atoms with Crippen LogP contribution in [-0.2, 0) is 16.2 Å².